The molecule has 186 valence electrons. The van der Waals surface area contributed by atoms with E-state index in [-0.39, 0.29) is 17.4 Å². The van der Waals surface area contributed by atoms with E-state index >= 15 is 0 Å². The zero-order chi connectivity index (χ0) is 25.8. The third-order valence-electron chi connectivity index (χ3n) is 5.80. The average molecular weight is 488 g/mol. The summed E-state index contributed by atoms with van der Waals surface area (Å²) in [6, 6.07) is 20.1. The van der Waals surface area contributed by atoms with Gasteiger partial charge in [0, 0.05) is 5.69 Å². The summed E-state index contributed by atoms with van der Waals surface area (Å²) in [5, 5.41) is 11.4. The van der Waals surface area contributed by atoms with E-state index in [4.69, 9.17) is 14.2 Å². The molecule has 1 unspecified atom stereocenters. The zero-order valence-corrected chi connectivity index (χ0v) is 20.7. The summed E-state index contributed by atoms with van der Waals surface area (Å²) >= 11 is 0. The lowest BCUT2D eigenvalue weighted by Gasteiger charge is -2.26. The van der Waals surface area contributed by atoms with Crippen molar-refractivity contribution in [1.29, 1.82) is 0 Å². The van der Waals surface area contributed by atoms with Crippen molar-refractivity contribution in [2.45, 2.75) is 32.9 Å². The molecule has 36 heavy (non-hydrogen) atoms. The first-order chi connectivity index (χ1) is 17.3. The van der Waals surface area contributed by atoms with Crippen LogP contribution in [-0.2, 0) is 9.59 Å². The van der Waals surface area contributed by atoms with Crippen molar-refractivity contribution in [2.75, 3.05) is 18.6 Å². The van der Waals surface area contributed by atoms with Crippen LogP contribution < -0.4 is 19.1 Å². The number of para-hydroxylation sites is 1. The molecule has 4 rings (SSSR count). The van der Waals surface area contributed by atoms with Gasteiger partial charge in [0.2, 0.25) is 0 Å². The number of aliphatic hydroxyl groups excluding tert-OH is 1. The molecule has 1 amide bonds. The number of ketones is 1. The van der Waals surface area contributed by atoms with E-state index < -0.39 is 17.7 Å². The zero-order valence-electron chi connectivity index (χ0n) is 20.7. The van der Waals surface area contributed by atoms with Crippen LogP contribution in [0.5, 0.6) is 17.2 Å². The van der Waals surface area contributed by atoms with E-state index in [1.165, 1.54) is 12.0 Å². The molecule has 1 heterocycles. The van der Waals surface area contributed by atoms with Crippen molar-refractivity contribution in [2.24, 2.45) is 0 Å². The van der Waals surface area contributed by atoms with Gasteiger partial charge >= 0.3 is 0 Å². The molecule has 1 saturated heterocycles. The van der Waals surface area contributed by atoms with Gasteiger partial charge < -0.3 is 19.3 Å². The van der Waals surface area contributed by atoms with Crippen LogP contribution in [0.1, 0.15) is 37.9 Å². The Kier molecular flexibility index (Phi) is 7.29. The Hall–Kier alpha value is -4.26. The van der Waals surface area contributed by atoms with Crippen LogP contribution in [-0.4, -0.2) is 36.6 Å². The lowest BCUT2D eigenvalue weighted by Crippen LogP contribution is -2.29. The summed E-state index contributed by atoms with van der Waals surface area (Å²) in [6.07, 6.45) is -0.00381. The van der Waals surface area contributed by atoms with E-state index in [1.54, 1.807) is 72.8 Å². The van der Waals surface area contributed by atoms with Crippen molar-refractivity contribution in [3.05, 3.63) is 89.5 Å². The van der Waals surface area contributed by atoms with Gasteiger partial charge in [-0.3, -0.25) is 14.5 Å². The summed E-state index contributed by atoms with van der Waals surface area (Å²) in [4.78, 5) is 28.1. The lowest BCUT2D eigenvalue weighted by atomic mass is 9.94. The van der Waals surface area contributed by atoms with Gasteiger partial charge in [-0.2, -0.15) is 0 Å². The molecule has 1 N–H and O–H groups in total. The van der Waals surface area contributed by atoms with Gasteiger partial charge in [-0.15, -0.1) is 0 Å². The van der Waals surface area contributed by atoms with E-state index in [0.29, 0.717) is 40.7 Å². The summed E-state index contributed by atoms with van der Waals surface area (Å²) in [7, 11) is 1.48. The smallest absolute Gasteiger partial charge is 0.300 e. The predicted molar refractivity (Wildman–Crippen MR) is 138 cm³/mol. The number of nitrogens with zero attached hydrogens (tertiary/aromatic N) is 1. The lowest BCUT2D eigenvalue weighted by molar-refractivity contribution is -0.132. The fourth-order valence-electron chi connectivity index (χ4n) is 4.27. The third-order valence-corrected chi connectivity index (χ3v) is 5.80. The van der Waals surface area contributed by atoms with Crippen molar-refractivity contribution < 1.29 is 28.9 Å². The maximum absolute atomic E-state index is 13.4. The van der Waals surface area contributed by atoms with E-state index in [9.17, 15) is 14.7 Å². The number of methoxy groups -OCH3 is 1. The minimum absolute atomic E-state index is 0.00381. The SMILES string of the molecule is CCOc1ccc(N2C(=O)C(=O)/C(=C(\O)c3ccccc3OC)C2c2ccc(OC(C)C)cc2)cc1. The second-order valence-electron chi connectivity index (χ2n) is 8.53. The van der Waals surface area contributed by atoms with Crippen LogP contribution in [0, 0.1) is 0 Å². The first kappa shape index (κ1) is 24.9. The van der Waals surface area contributed by atoms with Crippen LogP contribution in [0.2, 0.25) is 0 Å². The van der Waals surface area contributed by atoms with Crippen molar-refractivity contribution in [1.82, 2.24) is 0 Å². The van der Waals surface area contributed by atoms with Crippen molar-refractivity contribution >= 4 is 23.1 Å². The summed E-state index contributed by atoms with van der Waals surface area (Å²) in [6.45, 7) is 6.26. The Morgan fingerprint density at radius 3 is 2.19 bits per heavy atom. The average Bonchev–Trinajstić information content (AvgIpc) is 3.14. The molecule has 1 aliphatic rings. The van der Waals surface area contributed by atoms with Gasteiger partial charge in [-0.25, -0.2) is 0 Å². The van der Waals surface area contributed by atoms with Crippen LogP contribution in [0.3, 0.4) is 0 Å². The van der Waals surface area contributed by atoms with Gasteiger partial charge in [0.15, 0.2) is 0 Å². The minimum Gasteiger partial charge on any atom is -0.507 e. The van der Waals surface area contributed by atoms with E-state index in [2.05, 4.69) is 0 Å². The third kappa shape index (κ3) is 4.77. The molecule has 0 radical (unpaired) electrons. The number of carbonyl (C=O) groups is 2. The molecule has 7 nitrogen and oxygen atoms in total. The van der Waals surface area contributed by atoms with Gasteiger partial charge in [0.05, 0.1) is 37.0 Å². The molecule has 0 aromatic heterocycles. The Morgan fingerprint density at radius 2 is 1.58 bits per heavy atom. The van der Waals surface area contributed by atoms with Crippen LogP contribution in [0.4, 0.5) is 5.69 Å². The molecular formula is C29H29NO6. The topological polar surface area (TPSA) is 85.3 Å². The number of hydrogen-bond acceptors (Lipinski definition) is 6. The fraction of sp³-hybridized carbons (Fsp3) is 0.241. The number of rotatable bonds is 8. The second-order valence-corrected chi connectivity index (χ2v) is 8.53. The van der Waals surface area contributed by atoms with Gasteiger partial charge in [-0.1, -0.05) is 24.3 Å². The van der Waals surface area contributed by atoms with E-state index in [1.807, 2.05) is 20.8 Å². The van der Waals surface area contributed by atoms with Gasteiger partial charge in [0.25, 0.3) is 11.7 Å². The number of anilines is 1. The highest BCUT2D eigenvalue weighted by atomic mass is 16.5. The van der Waals surface area contributed by atoms with Crippen LogP contribution in [0.15, 0.2) is 78.4 Å². The maximum atomic E-state index is 13.4. The molecule has 3 aromatic rings. The molecule has 1 aliphatic heterocycles. The van der Waals surface area contributed by atoms with Gasteiger partial charge in [-0.05, 0) is 74.9 Å². The number of hydrogen-bond donors (Lipinski definition) is 1. The normalized spacial score (nSPS) is 16.9. The molecule has 3 aromatic carbocycles. The highest BCUT2D eigenvalue weighted by Gasteiger charge is 2.47. The van der Waals surface area contributed by atoms with Crippen molar-refractivity contribution in [3.8, 4) is 17.2 Å². The molecular weight excluding hydrogens is 458 g/mol. The predicted octanol–water partition coefficient (Wildman–Crippen LogP) is 5.51. The number of benzene rings is 3. The Balaban J connectivity index is 1.88. The first-order valence-corrected chi connectivity index (χ1v) is 11.8. The first-order valence-electron chi connectivity index (χ1n) is 11.8. The van der Waals surface area contributed by atoms with Gasteiger partial charge in [0.1, 0.15) is 23.0 Å². The van der Waals surface area contributed by atoms with Crippen molar-refractivity contribution in [3.63, 3.8) is 0 Å². The largest absolute Gasteiger partial charge is 0.507 e. The molecule has 7 heteroatoms. The molecule has 0 aliphatic carbocycles. The number of ether oxygens (including phenoxy) is 3. The highest BCUT2D eigenvalue weighted by Crippen LogP contribution is 2.43. The highest BCUT2D eigenvalue weighted by molar-refractivity contribution is 6.51. The van der Waals surface area contributed by atoms with E-state index in [0.717, 1.165) is 0 Å². The quantitative estimate of drug-likeness (QED) is 0.256. The number of aliphatic hydroxyl groups is 1. The molecule has 0 saturated carbocycles. The molecule has 1 atom stereocenters. The number of Topliss-reactive ketones (excluding diaryl/α,β-unsaturated/α-hetero) is 1. The Bertz CT molecular complexity index is 1280. The summed E-state index contributed by atoms with van der Waals surface area (Å²) in [5.74, 6) is -0.105. The van der Waals surface area contributed by atoms with Crippen LogP contribution >= 0.6 is 0 Å². The molecule has 1 fully saturated rings. The second kappa shape index (κ2) is 10.6. The minimum atomic E-state index is -0.860. The molecule has 0 bridgehead atoms. The molecule has 0 spiro atoms. The fourth-order valence-corrected chi connectivity index (χ4v) is 4.27. The monoisotopic (exact) mass is 487 g/mol. The summed E-state index contributed by atoms with van der Waals surface area (Å²) < 4.78 is 16.7. The number of amides is 1. The Labute approximate surface area is 210 Å². The number of carbonyl (C=O) groups excluding carboxylic acids is 2. The standard InChI is InChI=1S/C29H29NO6/c1-5-35-21-16-12-20(13-17-21)30-26(19-10-14-22(15-11-19)36-18(2)3)25(28(32)29(30)33)27(31)23-8-6-7-9-24(23)34-4/h6-18,26,31H,5H2,1-4H3/b27-25-. The van der Waals surface area contributed by atoms with Crippen LogP contribution in [0.25, 0.3) is 5.76 Å². The summed E-state index contributed by atoms with van der Waals surface area (Å²) in [5.41, 5.74) is 1.47. The Morgan fingerprint density at radius 1 is 0.944 bits per heavy atom. The maximum Gasteiger partial charge on any atom is 0.300 e.